The lowest BCUT2D eigenvalue weighted by Gasteiger charge is -2.26. The van der Waals surface area contributed by atoms with E-state index in [-0.39, 0.29) is 17.5 Å². The summed E-state index contributed by atoms with van der Waals surface area (Å²) in [5.74, 6) is 0.266. The van der Waals surface area contributed by atoms with E-state index in [0.29, 0.717) is 16.7 Å². The van der Waals surface area contributed by atoms with Crippen molar-refractivity contribution in [3.63, 3.8) is 0 Å². The molecule has 3 rings (SSSR count). The molecular weight excluding hydrogens is 236 g/mol. The van der Waals surface area contributed by atoms with Gasteiger partial charge in [0.25, 0.3) is 0 Å². The molecule has 1 unspecified atom stereocenters. The van der Waals surface area contributed by atoms with Gasteiger partial charge in [-0.05, 0) is 32.1 Å². The number of hydrogen-bond acceptors (Lipinski definition) is 2. The maximum absolute atomic E-state index is 12.6. The predicted octanol–water partition coefficient (Wildman–Crippen LogP) is 3.74. The van der Waals surface area contributed by atoms with E-state index in [0.717, 1.165) is 24.8 Å². The number of benzene rings is 1. The van der Waals surface area contributed by atoms with Crippen LogP contribution in [0.2, 0.25) is 0 Å². The van der Waals surface area contributed by atoms with Crippen LogP contribution in [0, 0.1) is 5.92 Å². The quantitative estimate of drug-likeness (QED) is 0.713. The minimum Gasteiger partial charge on any atom is -0.289 e. The summed E-state index contributed by atoms with van der Waals surface area (Å²) in [6.07, 6.45) is 7.09. The molecule has 0 heterocycles. The standard InChI is InChI=1S/C17H16O2/c1-11-15(12-7-3-2-4-8-12)17(19)14-10-6-5-9-13(14)16(11)18/h2-3,5-6,9-10,12H,4,7-8H2,1H3. The van der Waals surface area contributed by atoms with E-state index in [1.54, 1.807) is 19.1 Å². The zero-order chi connectivity index (χ0) is 13.4. The summed E-state index contributed by atoms with van der Waals surface area (Å²) in [6, 6.07) is 7.14. The summed E-state index contributed by atoms with van der Waals surface area (Å²) in [6.45, 7) is 1.80. The number of hydrogen-bond donors (Lipinski definition) is 0. The molecule has 0 radical (unpaired) electrons. The van der Waals surface area contributed by atoms with Crippen LogP contribution in [0.25, 0.3) is 0 Å². The Labute approximate surface area is 112 Å². The van der Waals surface area contributed by atoms with Crippen molar-refractivity contribution in [2.45, 2.75) is 26.2 Å². The SMILES string of the molecule is CC1=C(C2CC=CCC2)C(=O)c2ccccc2C1=O. The number of fused-ring (bicyclic) bond motifs is 1. The molecule has 0 aliphatic heterocycles. The first-order valence-electron chi connectivity index (χ1n) is 6.74. The molecule has 1 aromatic carbocycles. The van der Waals surface area contributed by atoms with Crippen LogP contribution in [-0.4, -0.2) is 11.6 Å². The van der Waals surface area contributed by atoms with Crippen molar-refractivity contribution in [3.8, 4) is 0 Å². The Morgan fingerprint density at radius 2 is 1.68 bits per heavy atom. The average molecular weight is 252 g/mol. The van der Waals surface area contributed by atoms with Gasteiger partial charge in [-0.1, -0.05) is 36.4 Å². The number of carbonyl (C=O) groups is 2. The highest BCUT2D eigenvalue weighted by Gasteiger charge is 2.33. The van der Waals surface area contributed by atoms with Crippen molar-refractivity contribution in [2.24, 2.45) is 5.92 Å². The summed E-state index contributed by atoms with van der Waals surface area (Å²) in [7, 11) is 0. The van der Waals surface area contributed by atoms with Crippen LogP contribution in [0.1, 0.15) is 46.9 Å². The molecular formula is C17H16O2. The van der Waals surface area contributed by atoms with Crippen molar-refractivity contribution in [2.75, 3.05) is 0 Å². The fraction of sp³-hybridized carbons (Fsp3) is 0.294. The van der Waals surface area contributed by atoms with Gasteiger partial charge >= 0.3 is 0 Å². The van der Waals surface area contributed by atoms with Gasteiger partial charge in [0.1, 0.15) is 0 Å². The molecule has 19 heavy (non-hydrogen) atoms. The van der Waals surface area contributed by atoms with E-state index in [9.17, 15) is 9.59 Å². The van der Waals surface area contributed by atoms with Gasteiger partial charge in [-0.15, -0.1) is 0 Å². The normalized spacial score (nSPS) is 22.7. The zero-order valence-corrected chi connectivity index (χ0v) is 11.0. The number of allylic oxidation sites excluding steroid dienone is 4. The summed E-state index contributed by atoms with van der Waals surface area (Å²) in [5, 5.41) is 0. The fourth-order valence-electron chi connectivity index (χ4n) is 3.07. The molecule has 0 bridgehead atoms. The lowest BCUT2D eigenvalue weighted by atomic mass is 9.76. The molecule has 0 saturated heterocycles. The van der Waals surface area contributed by atoms with E-state index in [4.69, 9.17) is 0 Å². The number of rotatable bonds is 1. The van der Waals surface area contributed by atoms with E-state index >= 15 is 0 Å². The molecule has 96 valence electrons. The molecule has 2 aliphatic carbocycles. The highest BCUT2D eigenvalue weighted by molar-refractivity contribution is 6.26. The number of carbonyl (C=O) groups excluding carboxylic acids is 2. The smallest absolute Gasteiger partial charge is 0.190 e. The summed E-state index contributed by atoms with van der Waals surface area (Å²) in [4.78, 5) is 25.0. The van der Waals surface area contributed by atoms with Crippen LogP contribution in [0.3, 0.4) is 0 Å². The highest BCUT2D eigenvalue weighted by Crippen LogP contribution is 2.35. The van der Waals surface area contributed by atoms with E-state index in [2.05, 4.69) is 12.2 Å². The number of Topliss-reactive ketones (excluding diaryl/α,β-unsaturated/α-hetero) is 2. The molecule has 2 nitrogen and oxygen atoms in total. The van der Waals surface area contributed by atoms with Crippen LogP contribution in [-0.2, 0) is 0 Å². The molecule has 1 atom stereocenters. The van der Waals surface area contributed by atoms with Gasteiger partial charge in [0, 0.05) is 22.3 Å². The van der Waals surface area contributed by atoms with Crippen LogP contribution in [0.5, 0.6) is 0 Å². The van der Waals surface area contributed by atoms with Gasteiger partial charge in [0.2, 0.25) is 0 Å². The minimum atomic E-state index is 0.0137. The van der Waals surface area contributed by atoms with Gasteiger partial charge < -0.3 is 0 Å². The van der Waals surface area contributed by atoms with Crippen LogP contribution in [0.4, 0.5) is 0 Å². The first-order valence-corrected chi connectivity index (χ1v) is 6.74. The topological polar surface area (TPSA) is 34.1 Å². The highest BCUT2D eigenvalue weighted by atomic mass is 16.1. The van der Waals surface area contributed by atoms with Gasteiger partial charge in [0.05, 0.1) is 0 Å². The largest absolute Gasteiger partial charge is 0.289 e. The number of ketones is 2. The third kappa shape index (κ3) is 1.88. The Morgan fingerprint density at radius 3 is 2.32 bits per heavy atom. The molecule has 1 aromatic rings. The van der Waals surface area contributed by atoms with Gasteiger partial charge in [-0.3, -0.25) is 9.59 Å². The maximum atomic E-state index is 12.6. The Hall–Kier alpha value is -1.96. The maximum Gasteiger partial charge on any atom is 0.190 e. The second kappa shape index (κ2) is 4.61. The minimum absolute atomic E-state index is 0.0137. The summed E-state index contributed by atoms with van der Waals surface area (Å²) in [5.41, 5.74) is 2.51. The molecule has 0 spiro atoms. The van der Waals surface area contributed by atoms with E-state index in [1.807, 2.05) is 12.1 Å². The first-order chi connectivity index (χ1) is 9.20. The Balaban J connectivity index is 2.10. The van der Waals surface area contributed by atoms with Gasteiger partial charge in [-0.25, -0.2) is 0 Å². The molecule has 0 saturated carbocycles. The molecule has 0 fully saturated rings. The molecule has 2 heteroatoms. The van der Waals surface area contributed by atoms with E-state index in [1.165, 1.54) is 0 Å². The third-order valence-corrected chi connectivity index (χ3v) is 4.08. The second-order valence-electron chi connectivity index (χ2n) is 5.22. The lowest BCUT2D eigenvalue weighted by molar-refractivity contribution is 0.0964. The Bertz CT molecular complexity index is 620. The van der Waals surface area contributed by atoms with Crippen LogP contribution < -0.4 is 0 Å². The van der Waals surface area contributed by atoms with Gasteiger partial charge in [0.15, 0.2) is 11.6 Å². The van der Waals surface area contributed by atoms with Gasteiger partial charge in [-0.2, -0.15) is 0 Å². The monoisotopic (exact) mass is 252 g/mol. The molecule has 0 N–H and O–H groups in total. The van der Waals surface area contributed by atoms with Crippen molar-refractivity contribution < 1.29 is 9.59 Å². The summed E-state index contributed by atoms with van der Waals surface area (Å²) < 4.78 is 0. The van der Waals surface area contributed by atoms with Crippen LogP contribution >= 0.6 is 0 Å². The predicted molar refractivity (Wildman–Crippen MR) is 74.3 cm³/mol. The summed E-state index contributed by atoms with van der Waals surface area (Å²) >= 11 is 0. The second-order valence-corrected chi connectivity index (χ2v) is 5.22. The van der Waals surface area contributed by atoms with Crippen molar-refractivity contribution in [3.05, 3.63) is 58.7 Å². The zero-order valence-electron chi connectivity index (χ0n) is 11.0. The molecule has 2 aliphatic rings. The van der Waals surface area contributed by atoms with Crippen molar-refractivity contribution in [1.82, 2.24) is 0 Å². The average Bonchev–Trinajstić information content (AvgIpc) is 2.46. The van der Waals surface area contributed by atoms with Crippen LogP contribution in [0.15, 0.2) is 47.6 Å². The first kappa shape index (κ1) is 12.1. The Kier molecular flexibility index (Phi) is 2.94. The van der Waals surface area contributed by atoms with Crippen molar-refractivity contribution in [1.29, 1.82) is 0 Å². The molecule has 0 aromatic heterocycles. The fourth-order valence-corrected chi connectivity index (χ4v) is 3.07. The molecule has 0 amide bonds. The van der Waals surface area contributed by atoms with Crippen molar-refractivity contribution >= 4 is 11.6 Å². The van der Waals surface area contributed by atoms with E-state index < -0.39 is 0 Å². The Morgan fingerprint density at radius 1 is 1.00 bits per heavy atom. The lowest BCUT2D eigenvalue weighted by Crippen LogP contribution is -2.25. The third-order valence-electron chi connectivity index (χ3n) is 4.08.